The van der Waals surface area contributed by atoms with E-state index in [9.17, 15) is 9.90 Å². The maximum absolute atomic E-state index is 12.1. The van der Waals surface area contributed by atoms with E-state index in [1.807, 2.05) is 31.2 Å². The smallest absolute Gasteiger partial charge is 0.234 e. The topological polar surface area (TPSA) is 92.9 Å². The fourth-order valence-electron chi connectivity index (χ4n) is 2.15. The number of rotatable bonds is 5. The van der Waals surface area contributed by atoms with Crippen molar-refractivity contribution >= 4 is 35.0 Å². The fraction of sp³-hybridized carbons (Fsp3) is 0.125. The zero-order chi connectivity index (χ0) is 17.8. The molecule has 1 heterocycles. The van der Waals surface area contributed by atoms with E-state index in [4.69, 9.17) is 11.6 Å². The van der Waals surface area contributed by atoms with E-state index in [-0.39, 0.29) is 23.1 Å². The molecule has 0 spiro atoms. The lowest BCUT2D eigenvalue weighted by Crippen LogP contribution is -2.14. The summed E-state index contributed by atoms with van der Waals surface area (Å²) < 4.78 is 1.59. The molecule has 0 atom stereocenters. The van der Waals surface area contributed by atoms with E-state index in [2.05, 4.69) is 20.8 Å². The quantitative estimate of drug-likeness (QED) is 0.526. The number of aromatic hydroxyl groups is 1. The largest absolute Gasteiger partial charge is 0.506 e. The number of carbonyl (C=O) groups excluding carboxylic acids is 1. The molecule has 9 heteroatoms. The normalized spacial score (nSPS) is 10.6. The van der Waals surface area contributed by atoms with Crippen molar-refractivity contribution in [1.82, 2.24) is 20.2 Å². The zero-order valence-electron chi connectivity index (χ0n) is 13.2. The molecular weight excluding hydrogens is 362 g/mol. The third kappa shape index (κ3) is 4.09. The number of hydrogen-bond acceptors (Lipinski definition) is 6. The summed E-state index contributed by atoms with van der Waals surface area (Å²) in [4.78, 5) is 12.1. The highest BCUT2D eigenvalue weighted by atomic mass is 35.5. The monoisotopic (exact) mass is 375 g/mol. The Labute approximate surface area is 153 Å². The summed E-state index contributed by atoms with van der Waals surface area (Å²) in [5.74, 6) is -0.271. The molecule has 3 aromatic rings. The lowest BCUT2D eigenvalue weighted by molar-refractivity contribution is -0.113. The van der Waals surface area contributed by atoms with Crippen molar-refractivity contribution in [3.8, 4) is 11.4 Å². The summed E-state index contributed by atoms with van der Waals surface area (Å²) in [6.45, 7) is 1.96. The first-order valence-electron chi connectivity index (χ1n) is 7.30. The number of benzene rings is 2. The highest BCUT2D eigenvalue weighted by Crippen LogP contribution is 2.27. The van der Waals surface area contributed by atoms with Crippen LogP contribution in [0.25, 0.3) is 5.69 Å². The van der Waals surface area contributed by atoms with Gasteiger partial charge < -0.3 is 10.4 Å². The van der Waals surface area contributed by atoms with Crippen LogP contribution in [0.3, 0.4) is 0 Å². The van der Waals surface area contributed by atoms with E-state index in [0.29, 0.717) is 10.2 Å². The Bertz CT molecular complexity index is 915. The molecule has 2 N–H and O–H groups in total. The van der Waals surface area contributed by atoms with Gasteiger partial charge in [0.05, 0.1) is 17.1 Å². The number of phenols is 1. The van der Waals surface area contributed by atoms with Gasteiger partial charge in [-0.3, -0.25) is 4.79 Å². The van der Waals surface area contributed by atoms with Gasteiger partial charge in [-0.15, -0.1) is 5.10 Å². The van der Waals surface area contributed by atoms with Crippen LogP contribution in [0.4, 0.5) is 5.69 Å². The second-order valence-corrected chi connectivity index (χ2v) is 6.54. The van der Waals surface area contributed by atoms with E-state index in [1.165, 1.54) is 30.0 Å². The van der Waals surface area contributed by atoms with Crippen LogP contribution in [0.2, 0.25) is 5.02 Å². The number of amides is 1. The molecule has 7 nitrogen and oxygen atoms in total. The van der Waals surface area contributed by atoms with Gasteiger partial charge in [0.1, 0.15) is 5.75 Å². The van der Waals surface area contributed by atoms with Crippen LogP contribution in [-0.4, -0.2) is 37.0 Å². The van der Waals surface area contributed by atoms with Gasteiger partial charge in [-0.25, -0.2) is 0 Å². The molecule has 1 amide bonds. The minimum absolute atomic E-state index is 0.0486. The van der Waals surface area contributed by atoms with Crippen LogP contribution in [0.5, 0.6) is 5.75 Å². The van der Waals surface area contributed by atoms with Crippen LogP contribution in [0, 0.1) is 6.92 Å². The number of para-hydroxylation sites is 1. The highest BCUT2D eigenvalue weighted by molar-refractivity contribution is 7.99. The summed E-state index contributed by atoms with van der Waals surface area (Å²) in [6.07, 6.45) is 0. The van der Waals surface area contributed by atoms with E-state index in [1.54, 1.807) is 4.68 Å². The van der Waals surface area contributed by atoms with E-state index >= 15 is 0 Å². The standard InChI is InChI=1S/C16H14ClN5O2S/c1-10-4-2-3-5-13(10)22-16(19-20-21-22)25-9-15(24)18-12-8-11(17)6-7-14(12)23/h2-8,23H,9H2,1H3,(H,18,24). The molecule has 25 heavy (non-hydrogen) atoms. The molecule has 0 radical (unpaired) electrons. The number of anilines is 1. The van der Waals surface area contributed by atoms with Gasteiger partial charge in [-0.2, -0.15) is 4.68 Å². The van der Waals surface area contributed by atoms with Crippen LogP contribution in [-0.2, 0) is 4.79 Å². The van der Waals surface area contributed by atoms with Crippen LogP contribution in [0.15, 0.2) is 47.6 Å². The van der Waals surface area contributed by atoms with Crippen molar-refractivity contribution in [2.45, 2.75) is 12.1 Å². The zero-order valence-corrected chi connectivity index (χ0v) is 14.8. The Morgan fingerprint density at radius 3 is 2.92 bits per heavy atom. The van der Waals surface area contributed by atoms with Crippen LogP contribution < -0.4 is 5.32 Å². The molecule has 0 aliphatic carbocycles. The van der Waals surface area contributed by atoms with Crippen LogP contribution >= 0.6 is 23.4 Å². The average Bonchev–Trinajstić information content (AvgIpc) is 3.05. The third-order valence-electron chi connectivity index (χ3n) is 3.35. The first-order chi connectivity index (χ1) is 12.0. The number of hydrogen-bond donors (Lipinski definition) is 2. The Kier molecular flexibility index (Phi) is 5.20. The summed E-state index contributed by atoms with van der Waals surface area (Å²) in [7, 11) is 0. The summed E-state index contributed by atoms with van der Waals surface area (Å²) in [5.41, 5.74) is 2.13. The molecule has 1 aromatic heterocycles. The van der Waals surface area contributed by atoms with Crippen molar-refractivity contribution in [2.24, 2.45) is 0 Å². The molecule has 0 aliphatic heterocycles. The minimum atomic E-state index is -0.304. The Morgan fingerprint density at radius 2 is 2.12 bits per heavy atom. The number of tetrazole rings is 1. The predicted molar refractivity (Wildman–Crippen MR) is 96.4 cm³/mol. The lowest BCUT2D eigenvalue weighted by atomic mass is 10.2. The molecular formula is C16H14ClN5O2S. The van der Waals surface area contributed by atoms with Crippen molar-refractivity contribution in [3.05, 3.63) is 53.1 Å². The number of phenolic OH excluding ortho intramolecular Hbond substituents is 1. The second kappa shape index (κ2) is 7.54. The average molecular weight is 376 g/mol. The first-order valence-corrected chi connectivity index (χ1v) is 8.66. The number of aromatic nitrogens is 4. The number of nitrogens with one attached hydrogen (secondary N) is 1. The Balaban J connectivity index is 1.69. The van der Waals surface area contributed by atoms with Gasteiger partial charge in [0.25, 0.3) is 0 Å². The second-order valence-electron chi connectivity index (χ2n) is 5.16. The van der Waals surface area contributed by atoms with Gasteiger partial charge in [0.2, 0.25) is 11.1 Å². The van der Waals surface area contributed by atoms with Gasteiger partial charge in [-0.05, 0) is 47.2 Å². The number of aryl methyl sites for hydroxylation is 1. The van der Waals surface area contributed by atoms with Gasteiger partial charge in [-0.1, -0.05) is 41.6 Å². The van der Waals surface area contributed by atoms with Crippen molar-refractivity contribution < 1.29 is 9.90 Å². The number of thioether (sulfide) groups is 1. The van der Waals surface area contributed by atoms with Crippen molar-refractivity contribution in [3.63, 3.8) is 0 Å². The third-order valence-corrected chi connectivity index (χ3v) is 4.50. The summed E-state index contributed by atoms with van der Waals surface area (Å²) in [6, 6.07) is 12.1. The molecule has 0 saturated heterocycles. The number of halogens is 1. The minimum Gasteiger partial charge on any atom is -0.506 e. The number of nitrogens with zero attached hydrogens (tertiary/aromatic N) is 4. The molecule has 3 rings (SSSR count). The van der Waals surface area contributed by atoms with Gasteiger partial charge >= 0.3 is 0 Å². The van der Waals surface area contributed by atoms with E-state index in [0.717, 1.165) is 11.3 Å². The number of carbonyl (C=O) groups is 1. The fourth-order valence-corrected chi connectivity index (χ4v) is 3.00. The predicted octanol–water partition coefficient (Wildman–Crippen LogP) is 3.06. The maximum Gasteiger partial charge on any atom is 0.234 e. The van der Waals surface area contributed by atoms with Crippen molar-refractivity contribution in [2.75, 3.05) is 11.1 Å². The molecule has 0 unspecified atom stereocenters. The Morgan fingerprint density at radius 1 is 1.32 bits per heavy atom. The van der Waals surface area contributed by atoms with Gasteiger partial charge in [0, 0.05) is 5.02 Å². The maximum atomic E-state index is 12.1. The van der Waals surface area contributed by atoms with Gasteiger partial charge in [0.15, 0.2) is 0 Å². The Hall–Kier alpha value is -2.58. The lowest BCUT2D eigenvalue weighted by Gasteiger charge is -2.08. The molecule has 128 valence electrons. The molecule has 2 aromatic carbocycles. The SMILES string of the molecule is Cc1ccccc1-n1nnnc1SCC(=O)Nc1cc(Cl)ccc1O. The molecule has 0 saturated carbocycles. The summed E-state index contributed by atoms with van der Waals surface area (Å²) >= 11 is 7.06. The van der Waals surface area contributed by atoms with Crippen LogP contribution in [0.1, 0.15) is 5.56 Å². The molecule has 0 aliphatic rings. The van der Waals surface area contributed by atoms with Crippen molar-refractivity contribution in [1.29, 1.82) is 0 Å². The van der Waals surface area contributed by atoms with E-state index < -0.39 is 0 Å². The molecule has 0 bridgehead atoms. The molecule has 0 fully saturated rings. The first kappa shape index (κ1) is 17.2. The highest BCUT2D eigenvalue weighted by Gasteiger charge is 2.14. The summed E-state index contributed by atoms with van der Waals surface area (Å²) in [5, 5.41) is 24.9.